The zero-order chi connectivity index (χ0) is 10.1. The molecular weight excluding hydrogens is 202 g/mol. The Labute approximate surface area is 95.9 Å². The van der Waals surface area contributed by atoms with Gasteiger partial charge in [0.1, 0.15) is 0 Å². The number of hydrogen-bond acceptors (Lipinski definition) is 2. The number of thiophene rings is 1. The molecule has 1 aromatic rings. The van der Waals surface area contributed by atoms with Crippen LogP contribution in [0.5, 0.6) is 0 Å². The van der Waals surface area contributed by atoms with Crippen molar-refractivity contribution in [2.24, 2.45) is 5.92 Å². The fourth-order valence-electron chi connectivity index (χ4n) is 2.36. The second-order valence-electron chi connectivity index (χ2n) is 4.94. The average Bonchev–Trinajstić information content (AvgIpc) is 2.97. The lowest BCUT2D eigenvalue weighted by Gasteiger charge is -2.08. The van der Waals surface area contributed by atoms with Crippen molar-refractivity contribution in [1.82, 2.24) is 5.32 Å². The molecule has 0 atom stereocenters. The van der Waals surface area contributed by atoms with E-state index in [1.165, 1.54) is 45.1 Å². The normalized spacial score (nSPS) is 20.3. The Bertz CT molecular complexity index is 315. The summed E-state index contributed by atoms with van der Waals surface area (Å²) in [6.45, 7) is 2.34. The summed E-state index contributed by atoms with van der Waals surface area (Å²) in [6, 6.07) is 2.44. The van der Waals surface area contributed by atoms with Gasteiger partial charge < -0.3 is 5.32 Å². The average molecular weight is 221 g/mol. The lowest BCUT2D eigenvalue weighted by atomic mass is 9.99. The van der Waals surface area contributed by atoms with Crippen molar-refractivity contribution in [2.75, 3.05) is 6.54 Å². The SMILES string of the molecule is c1c(CNCC2CC2)sc2c1CCCC2. The number of fused-ring (bicyclic) bond motifs is 1. The molecule has 1 N–H and O–H groups in total. The van der Waals surface area contributed by atoms with E-state index in [0.29, 0.717) is 0 Å². The molecular formula is C13H19NS. The van der Waals surface area contributed by atoms with Gasteiger partial charge in [0.05, 0.1) is 0 Å². The first-order chi connectivity index (χ1) is 7.42. The van der Waals surface area contributed by atoms with Crippen LogP contribution in [0.2, 0.25) is 0 Å². The van der Waals surface area contributed by atoms with Crippen LogP contribution in [0.15, 0.2) is 6.07 Å². The van der Waals surface area contributed by atoms with Gasteiger partial charge in [-0.05, 0) is 62.6 Å². The van der Waals surface area contributed by atoms with Crippen LogP contribution in [0.4, 0.5) is 0 Å². The minimum atomic E-state index is 1.000. The van der Waals surface area contributed by atoms with Gasteiger partial charge in [-0.1, -0.05) is 0 Å². The molecule has 1 aromatic heterocycles. The predicted octanol–water partition coefficient (Wildman–Crippen LogP) is 3.13. The number of hydrogen-bond donors (Lipinski definition) is 1. The number of rotatable bonds is 4. The van der Waals surface area contributed by atoms with Gasteiger partial charge in [0.25, 0.3) is 0 Å². The Balaban J connectivity index is 1.57. The zero-order valence-electron chi connectivity index (χ0n) is 9.22. The Morgan fingerprint density at radius 3 is 2.93 bits per heavy atom. The first-order valence-corrected chi connectivity index (χ1v) is 7.04. The molecule has 0 spiro atoms. The zero-order valence-corrected chi connectivity index (χ0v) is 10.0. The van der Waals surface area contributed by atoms with Crippen LogP contribution < -0.4 is 5.32 Å². The van der Waals surface area contributed by atoms with Crippen molar-refractivity contribution in [2.45, 2.75) is 45.1 Å². The van der Waals surface area contributed by atoms with Crippen molar-refractivity contribution in [3.8, 4) is 0 Å². The standard InChI is InChI=1S/C13H19NS/c1-2-4-13-11(3-1)7-12(15-13)9-14-8-10-5-6-10/h7,10,14H,1-6,8-9H2. The van der Waals surface area contributed by atoms with Gasteiger partial charge in [-0.2, -0.15) is 0 Å². The second kappa shape index (κ2) is 4.26. The van der Waals surface area contributed by atoms with Gasteiger partial charge in [-0.25, -0.2) is 0 Å². The van der Waals surface area contributed by atoms with Crippen molar-refractivity contribution in [3.63, 3.8) is 0 Å². The largest absolute Gasteiger partial charge is 0.312 e. The van der Waals surface area contributed by atoms with Crippen LogP contribution in [-0.4, -0.2) is 6.54 Å². The molecule has 2 heteroatoms. The smallest absolute Gasteiger partial charge is 0.0300 e. The molecule has 0 aliphatic heterocycles. The molecule has 1 heterocycles. The maximum atomic E-state index is 3.58. The highest BCUT2D eigenvalue weighted by atomic mass is 32.1. The van der Waals surface area contributed by atoms with Crippen molar-refractivity contribution < 1.29 is 0 Å². The molecule has 15 heavy (non-hydrogen) atoms. The van der Waals surface area contributed by atoms with Gasteiger partial charge in [-0.15, -0.1) is 11.3 Å². The molecule has 0 saturated heterocycles. The summed E-state index contributed by atoms with van der Waals surface area (Å²) in [5.41, 5.74) is 1.65. The first kappa shape index (κ1) is 9.86. The molecule has 2 aliphatic rings. The highest BCUT2D eigenvalue weighted by Gasteiger charge is 2.20. The van der Waals surface area contributed by atoms with E-state index in [1.807, 2.05) is 11.3 Å². The topological polar surface area (TPSA) is 12.0 Å². The minimum absolute atomic E-state index is 1.000. The first-order valence-electron chi connectivity index (χ1n) is 6.23. The van der Waals surface area contributed by atoms with E-state index in [2.05, 4.69) is 11.4 Å². The lowest BCUT2D eigenvalue weighted by molar-refractivity contribution is 0.643. The summed E-state index contributed by atoms with van der Waals surface area (Å²) in [6.07, 6.45) is 8.38. The van der Waals surface area contributed by atoms with Crippen molar-refractivity contribution in [3.05, 3.63) is 21.4 Å². The summed E-state index contributed by atoms with van der Waals surface area (Å²) in [4.78, 5) is 3.23. The molecule has 0 bridgehead atoms. The molecule has 1 nitrogen and oxygen atoms in total. The van der Waals surface area contributed by atoms with Gasteiger partial charge in [0.2, 0.25) is 0 Å². The monoisotopic (exact) mass is 221 g/mol. The number of aryl methyl sites for hydroxylation is 2. The molecule has 82 valence electrons. The summed E-state index contributed by atoms with van der Waals surface area (Å²) in [5.74, 6) is 1.000. The molecule has 1 fully saturated rings. The second-order valence-corrected chi connectivity index (χ2v) is 6.16. The van der Waals surface area contributed by atoms with E-state index in [9.17, 15) is 0 Å². The molecule has 0 radical (unpaired) electrons. The van der Waals surface area contributed by atoms with Crippen molar-refractivity contribution in [1.29, 1.82) is 0 Å². The van der Waals surface area contributed by atoms with Crippen LogP contribution in [0.25, 0.3) is 0 Å². The van der Waals surface area contributed by atoms with Crippen LogP contribution in [0.3, 0.4) is 0 Å². The Kier molecular flexibility index (Phi) is 2.80. The third-order valence-corrected chi connectivity index (χ3v) is 4.71. The molecule has 1 saturated carbocycles. The van der Waals surface area contributed by atoms with Crippen molar-refractivity contribution >= 4 is 11.3 Å². The fourth-order valence-corrected chi connectivity index (χ4v) is 3.59. The molecule has 0 aromatic carbocycles. The summed E-state index contributed by atoms with van der Waals surface area (Å²) < 4.78 is 0. The maximum Gasteiger partial charge on any atom is 0.0300 e. The van der Waals surface area contributed by atoms with Crippen LogP contribution in [0.1, 0.15) is 41.0 Å². The van der Waals surface area contributed by atoms with E-state index >= 15 is 0 Å². The minimum Gasteiger partial charge on any atom is -0.312 e. The molecule has 3 rings (SSSR count). The van der Waals surface area contributed by atoms with Gasteiger partial charge >= 0.3 is 0 Å². The maximum absolute atomic E-state index is 3.58. The Hall–Kier alpha value is -0.340. The van der Waals surface area contributed by atoms with E-state index in [4.69, 9.17) is 0 Å². The van der Waals surface area contributed by atoms with Crippen LogP contribution in [0, 0.1) is 5.92 Å². The fraction of sp³-hybridized carbons (Fsp3) is 0.692. The molecule has 0 unspecified atom stereocenters. The van der Waals surface area contributed by atoms with E-state index < -0.39 is 0 Å². The highest BCUT2D eigenvalue weighted by Crippen LogP contribution is 2.30. The molecule has 2 aliphatic carbocycles. The quantitative estimate of drug-likeness (QED) is 0.823. The van der Waals surface area contributed by atoms with Crippen LogP contribution >= 0.6 is 11.3 Å². The Morgan fingerprint density at radius 2 is 2.13 bits per heavy atom. The lowest BCUT2D eigenvalue weighted by Crippen LogP contribution is -2.15. The van der Waals surface area contributed by atoms with Crippen LogP contribution in [-0.2, 0) is 19.4 Å². The van der Waals surface area contributed by atoms with E-state index in [0.717, 1.165) is 12.5 Å². The van der Waals surface area contributed by atoms with E-state index in [1.54, 1.807) is 15.3 Å². The third-order valence-electron chi connectivity index (χ3n) is 3.48. The third kappa shape index (κ3) is 2.43. The van der Waals surface area contributed by atoms with Gasteiger partial charge in [0.15, 0.2) is 0 Å². The van der Waals surface area contributed by atoms with Gasteiger partial charge in [-0.3, -0.25) is 0 Å². The predicted molar refractivity (Wildman–Crippen MR) is 65.4 cm³/mol. The van der Waals surface area contributed by atoms with E-state index in [-0.39, 0.29) is 0 Å². The summed E-state index contributed by atoms with van der Waals surface area (Å²) >= 11 is 2.04. The highest BCUT2D eigenvalue weighted by molar-refractivity contribution is 7.12. The summed E-state index contributed by atoms with van der Waals surface area (Å²) in [7, 11) is 0. The molecule has 0 amide bonds. The number of nitrogens with one attached hydrogen (secondary N) is 1. The van der Waals surface area contributed by atoms with Gasteiger partial charge in [0, 0.05) is 16.3 Å². The summed E-state index contributed by atoms with van der Waals surface area (Å²) in [5, 5.41) is 3.58. The Morgan fingerprint density at radius 1 is 1.27 bits per heavy atom.